The van der Waals surface area contributed by atoms with Crippen LogP contribution in [-0.2, 0) is 14.2 Å². The van der Waals surface area contributed by atoms with Gasteiger partial charge in [-0.05, 0) is 14.1 Å². The lowest BCUT2D eigenvalue weighted by molar-refractivity contribution is -0.142. The maximum absolute atomic E-state index is 12.1. The van der Waals surface area contributed by atoms with Gasteiger partial charge in [-0.3, -0.25) is 23.5 Å². The second-order valence-electron chi connectivity index (χ2n) is 3.02. The van der Waals surface area contributed by atoms with Gasteiger partial charge in [0.05, 0.1) is 0 Å². The summed E-state index contributed by atoms with van der Waals surface area (Å²) in [6, 6.07) is 0. The van der Waals surface area contributed by atoms with Crippen molar-refractivity contribution in [3.8, 4) is 0 Å². The van der Waals surface area contributed by atoms with Crippen LogP contribution in [0.3, 0.4) is 0 Å². The van der Waals surface area contributed by atoms with Gasteiger partial charge < -0.3 is 0 Å². The van der Waals surface area contributed by atoms with Crippen LogP contribution in [0.2, 0.25) is 0 Å². The average molecular weight is 205 g/mol. The van der Waals surface area contributed by atoms with Crippen LogP contribution in [0, 0.1) is 0 Å². The first kappa shape index (κ1) is 10.2. The van der Waals surface area contributed by atoms with Crippen molar-refractivity contribution in [3.05, 3.63) is 0 Å². The van der Waals surface area contributed by atoms with E-state index in [0.717, 1.165) is 9.34 Å². The van der Waals surface area contributed by atoms with E-state index in [4.69, 9.17) is 0 Å². The third kappa shape index (κ3) is 1.09. The van der Waals surface area contributed by atoms with E-state index in [1.807, 2.05) is 0 Å². The summed E-state index contributed by atoms with van der Waals surface area (Å²) >= 11 is 0. The Hall–Kier alpha value is -0.870. The third-order valence-corrected chi connectivity index (χ3v) is 5.04. The van der Waals surface area contributed by atoms with E-state index < -0.39 is 19.4 Å². The summed E-state index contributed by atoms with van der Waals surface area (Å²) < 4.78 is 15.5. The number of hydrogen-bond acceptors (Lipinski definition) is 3. The molecule has 0 N–H and O–H groups in total. The van der Waals surface area contributed by atoms with E-state index in [-0.39, 0.29) is 0 Å². The number of hydrogen-bond donors (Lipinski definition) is 0. The molecule has 1 fully saturated rings. The van der Waals surface area contributed by atoms with Gasteiger partial charge >= 0.3 is 19.4 Å². The van der Waals surface area contributed by atoms with Gasteiger partial charge in [0.15, 0.2) is 0 Å². The quantitative estimate of drug-likeness (QED) is 0.431. The molecule has 0 aromatic rings. The van der Waals surface area contributed by atoms with Crippen LogP contribution < -0.4 is 0 Å². The third-order valence-electron chi connectivity index (χ3n) is 2.07. The molecule has 1 saturated heterocycles. The second kappa shape index (κ2) is 2.82. The molecule has 1 rings (SSSR count). The van der Waals surface area contributed by atoms with Gasteiger partial charge in [0.25, 0.3) is 0 Å². The van der Waals surface area contributed by atoms with Crippen LogP contribution in [-0.4, -0.2) is 54.0 Å². The average Bonchev–Trinajstić information content (AvgIpc) is 2.22. The highest BCUT2D eigenvalue weighted by Crippen LogP contribution is 2.56. The van der Waals surface area contributed by atoms with Gasteiger partial charge in [-0.15, -0.1) is 0 Å². The Balaban J connectivity index is 3.22. The molecule has 0 unspecified atom stereocenters. The zero-order valence-corrected chi connectivity index (χ0v) is 8.91. The minimum absolute atomic E-state index is 0.723. The lowest BCUT2D eigenvalue weighted by Gasteiger charge is -2.29. The van der Waals surface area contributed by atoms with Gasteiger partial charge in [0.2, 0.25) is 0 Å². The predicted molar refractivity (Wildman–Crippen MR) is 46.8 cm³/mol. The Kier molecular flexibility index (Phi) is 2.21. The highest BCUT2D eigenvalue weighted by molar-refractivity contribution is 7.59. The molecule has 1 heterocycles. The molecule has 0 aromatic carbocycles. The fraction of sp³-hybridized carbons (Fsp3) is 0.667. The first-order valence-corrected chi connectivity index (χ1v) is 5.24. The second-order valence-corrected chi connectivity index (χ2v) is 6.04. The van der Waals surface area contributed by atoms with Crippen molar-refractivity contribution >= 4 is 19.4 Å². The molecular formula is C6H12N3O3P. The Labute approximate surface area is 76.6 Å². The van der Waals surface area contributed by atoms with Crippen molar-refractivity contribution in [1.82, 2.24) is 14.0 Å². The molecule has 1 aliphatic rings. The molecule has 0 atom stereocenters. The number of amides is 2. The van der Waals surface area contributed by atoms with Gasteiger partial charge in [-0.2, -0.15) is 0 Å². The van der Waals surface area contributed by atoms with Crippen LogP contribution in [0.15, 0.2) is 0 Å². The number of nitrogens with zero attached hydrogens (tertiary/aromatic N) is 3. The van der Waals surface area contributed by atoms with E-state index >= 15 is 0 Å². The number of carbonyl (C=O) groups excluding carboxylic acids is 2. The highest BCUT2D eigenvalue weighted by atomic mass is 31.2. The van der Waals surface area contributed by atoms with Gasteiger partial charge in [0, 0.05) is 14.1 Å². The van der Waals surface area contributed by atoms with Gasteiger partial charge in [-0.1, -0.05) is 0 Å². The molecule has 0 radical (unpaired) electrons. The summed E-state index contributed by atoms with van der Waals surface area (Å²) in [5.74, 6) is -1.45. The Bertz CT molecular complexity index is 290. The lowest BCUT2D eigenvalue weighted by Crippen LogP contribution is -2.25. The molecule has 74 valence electrons. The predicted octanol–water partition coefficient (Wildman–Crippen LogP) is -0.414. The zero-order valence-electron chi connectivity index (χ0n) is 8.01. The van der Waals surface area contributed by atoms with Crippen molar-refractivity contribution in [2.24, 2.45) is 0 Å². The summed E-state index contributed by atoms with van der Waals surface area (Å²) in [5.41, 5.74) is 0. The van der Waals surface area contributed by atoms with Crippen LogP contribution in [0.25, 0.3) is 0 Å². The van der Waals surface area contributed by atoms with Crippen LogP contribution >= 0.6 is 7.59 Å². The Morgan fingerprint density at radius 3 is 1.54 bits per heavy atom. The van der Waals surface area contributed by atoms with Crippen molar-refractivity contribution in [1.29, 1.82) is 0 Å². The molecular weight excluding hydrogens is 193 g/mol. The van der Waals surface area contributed by atoms with Gasteiger partial charge in [0.1, 0.15) is 0 Å². The molecule has 13 heavy (non-hydrogen) atoms. The number of rotatable bonds is 1. The maximum Gasteiger partial charge on any atom is 0.339 e. The molecule has 0 bridgehead atoms. The number of carbonyl (C=O) groups is 2. The van der Waals surface area contributed by atoms with E-state index in [2.05, 4.69) is 0 Å². The van der Waals surface area contributed by atoms with Crippen molar-refractivity contribution < 1.29 is 14.2 Å². The van der Waals surface area contributed by atoms with Crippen LogP contribution in [0.4, 0.5) is 0 Å². The van der Waals surface area contributed by atoms with Crippen molar-refractivity contribution in [2.75, 3.05) is 28.2 Å². The lowest BCUT2D eigenvalue weighted by atomic mass is 10.6. The van der Waals surface area contributed by atoms with Crippen LogP contribution in [0.5, 0.6) is 0 Å². The highest BCUT2D eigenvalue weighted by Gasteiger charge is 2.51. The summed E-state index contributed by atoms with van der Waals surface area (Å²) in [6.45, 7) is 0. The summed E-state index contributed by atoms with van der Waals surface area (Å²) in [5, 5.41) is 0. The van der Waals surface area contributed by atoms with E-state index in [0.29, 0.717) is 0 Å². The standard InChI is InChI=1S/C6H12N3O3P/c1-7(2)13(12)8(3)5(10)6(11)9(13)4/h1-4H3. The van der Waals surface area contributed by atoms with E-state index in [9.17, 15) is 14.2 Å². The largest absolute Gasteiger partial charge is 0.339 e. The minimum Gasteiger partial charge on any atom is -0.263 e. The molecule has 2 amide bonds. The molecule has 0 saturated carbocycles. The van der Waals surface area contributed by atoms with Crippen LogP contribution in [0.1, 0.15) is 0 Å². The Morgan fingerprint density at radius 2 is 1.38 bits per heavy atom. The van der Waals surface area contributed by atoms with E-state index in [1.165, 1.54) is 18.8 Å². The molecule has 7 heteroatoms. The molecule has 0 spiro atoms. The van der Waals surface area contributed by atoms with E-state index in [1.54, 1.807) is 14.1 Å². The monoisotopic (exact) mass is 205 g/mol. The molecule has 1 aliphatic heterocycles. The molecule has 0 aromatic heterocycles. The summed E-state index contributed by atoms with van der Waals surface area (Å²) in [7, 11) is 2.73. The minimum atomic E-state index is -3.14. The fourth-order valence-electron chi connectivity index (χ4n) is 1.25. The first-order chi connectivity index (χ1) is 5.83. The fourth-order valence-corrected chi connectivity index (χ4v) is 3.37. The normalized spacial score (nSPS) is 21.9. The Morgan fingerprint density at radius 1 is 1.08 bits per heavy atom. The van der Waals surface area contributed by atoms with Gasteiger partial charge in [-0.25, -0.2) is 4.67 Å². The molecule has 6 nitrogen and oxygen atoms in total. The van der Waals surface area contributed by atoms with Crippen molar-refractivity contribution in [2.45, 2.75) is 0 Å². The van der Waals surface area contributed by atoms with Crippen molar-refractivity contribution in [3.63, 3.8) is 0 Å². The SMILES string of the molecule is CN(C)P1(=O)N(C)C(=O)C(=O)N1C. The first-order valence-electron chi connectivity index (χ1n) is 3.68. The molecule has 0 aliphatic carbocycles. The number of likely N-dealkylation sites (N-methyl/N-ethyl adjacent to an activating group) is 2. The summed E-state index contributed by atoms with van der Waals surface area (Å²) in [4.78, 5) is 22.3. The summed E-state index contributed by atoms with van der Waals surface area (Å²) in [6.07, 6.45) is 0. The smallest absolute Gasteiger partial charge is 0.263 e. The zero-order chi connectivity index (χ0) is 10.4. The maximum atomic E-state index is 12.1. The topological polar surface area (TPSA) is 60.9 Å².